The van der Waals surface area contributed by atoms with Gasteiger partial charge < -0.3 is 15.7 Å². The number of hydrogen-bond donors (Lipinski definition) is 3. The number of fused-ring (bicyclic) bond motifs is 1. The van der Waals surface area contributed by atoms with Crippen molar-refractivity contribution in [2.45, 2.75) is 52.1 Å². The highest BCUT2D eigenvalue weighted by Gasteiger charge is 2.30. The highest BCUT2D eigenvalue weighted by molar-refractivity contribution is 5.91. The predicted molar refractivity (Wildman–Crippen MR) is 94.0 cm³/mol. The first-order chi connectivity index (χ1) is 11.8. The van der Waals surface area contributed by atoms with Crippen LogP contribution in [0.25, 0.3) is 0 Å². The first-order valence-electron chi connectivity index (χ1n) is 8.68. The first-order valence-corrected chi connectivity index (χ1v) is 8.68. The maximum atomic E-state index is 12.4. The zero-order chi connectivity index (χ0) is 18.6. The summed E-state index contributed by atoms with van der Waals surface area (Å²) < 4.78 is 0. The molecule has 0 radical (unpaired) electrons. The van der Waals surface area contributed by atoms with Crippen LogP contribution in [0.5, 0.6) is 0 Å². The lowest BCUT2D eigenvalue weighted by Crippen LogP contribution is -2.51. The Hall–Kier alpha value is -2.37. The van der Waals surface area contributed by atoms with Crippen molar-refractivity contribution < 1.29 is 19.5 Å². The van der Waals surface area contributed by atoms with Gasteiger partial charge in [0.05, 0.1) is 0 Å². The van der Waals surface area contributed by atoms with Gasteiger partial charge in [-0.15, -0.1) is 0 Å². The van der Waals surface area contributed by atoms with E-state index in [0.29, 0.717) is 19.3 Å². The second-order valence-corrected chi connectivity index (χ2v) is 7.13. The van der Waals surface area contributed by atoms with Crippen LogP contribution >= 0.6 is 0 Å². The Morgan fingerprint density at radius 2 is 1.64 bits per heavy atom. The molecule has 0 unspecified atom stereocenters. The molecular formula is C19H26N2O4. The Morgan fingerprint density at radius 3 is 2.12 bits per heavy atom. The molecule has 0 saturated heterocycles. The molecule has 25 heavy (non-hydrogen) atoms. The van der Waals surface area contributed by atoms with Gasteiger partial charge in [0.2, 0.25) is 11.8 Å². The Balaban J connectivity index is 1.88. The van der Waals surface area contributed by atoms with Gasteiger partial charge in [0.1, 0.15) is 12.1 Å². The van der Waals surface area contributed by atoms with Crippen molar-refractivity contribution in [1.82, 2.24) is 10.6 Å². The fourth-order valence-electron chi connectivity index (χ4n) is 3.13. The lowest BCUT2D eigenvalue weighted by Gasteiger charge is -2.21. The Morgan fingerprint density at radius 1 is 1.08 bits per heavy atom. The molecule has 0 aliphatic heterocycles. The van der Waals surface area contributed by atoms with E-state index < -0.39 is 24.0 Å². The summed E-state index contributed by atoms with van der Waals surface area (Å²) in [6.07, 6.45) is 1.68. The number of carbonyl (C=O) groups is 3. The Labute approximate surface area is 148 Å². The monoisotopic (exact) mass is 346 g/mol. The molecule has 2 atom stereocenters. The predicted octanol–water partition coefficient (Wildman–Crippen LogP) is 1.52. The van der Waals surface area contributed by atoms with E-state index in [2.05, 4.69) is 10.6 Å². The van der Waals surface area contributed by atoms with Gasteiger partial charge in [-0.1, -0.05) is 38.1 Å². The zero-order valence-corrected chi connectivity index (χ0v) is 14.9. The molecule has 0 heterocycles. The van der Waals surface area contributed by atoms with Crippen molar-refractivity contribution in [3.05, 3.63) is 35.4 Å². The molecule has 0 aromatic heterocycles. The summed E-state index contributed by atoms with van der Waals surface area (Å²) in [5.74, 6) is -1.75. The van der Waals surface area contributed by atoms with E-state index in [9.17, 15) is 19.5 Å². The SMILES string of the molecule is CC(C)C[C@H](NC(=O)[C@H](C)NC(=O)C1Cc2ccccc2C1)C(=O)O. The molecule has 136 valence electrons. The van der Waals surface area contributed by atoms with E-state index in [-0.39, 0.29) is 17.7 Å². The minimum Gasteiger partial charge on any atom is -0.480 e. The van der Waals surface area contributed by atoms with E-state index >= 15 is 0 Å². The van der Waals surface area contributed by atoms with Crippen molar-refractivity contribution in [3.8, 4) is 0 Å². The Kier molecular flexibility index (Phi) is 6.17. The molecule has 3 N–H and O–H groups in total. The normalized spacial score (nSPS) is 16.2. The van der Waals surface area contributed by atoms with E-state index in [1.807, 2.05) is 38.1 Å². The highest BCUT2D eigenvalue weighted by Crippen LogP contribution is 2.26. The van der Waals surface area contributed by atoms with E-state index in [1.165, 1.54) is 11.1 Å². The standard InChI is InChI=1S/C19H26N2O4/c1-11(2)8-16(19(24)25)21-17(22)12(3)20-18(23)15-9-13-6-4-5-7-14(13)10-15/h4-7,11-12,15-16H,8-10H2,1-3H3,(H,20,23)(H,21,22)(H,24,25)/t12-,16-/m0/s1. The van der Waals surface area contributed by atoms with Crippen LogP contribution in [0.15, 0.2) is 24.3 Å². The van der Waals surface area contributed by atoms with Crippen LogP contribution < -0.4 is 10.6 Å². The topological polar surface area (TPSA) is 95.5 Å². The molecule has 6 nitrogen and oxygen atoms in total. The van der Waals surface area contributed by atoms with Crippen LogP contribution in [0.2, 0.25) is 0 Å². The Bertz CT molecular complexity index is 632. The smallest absolute Gasteiger partial charge is 0.326 e. The van der Waals surface area contributed by atoms with Crippen LogP contribution in [-0.4, -0.2) is 35.0 Å². The summed E-state index contributed by atoms with van der Waals surface area (Å²) in [6, 6.07) is 6.23. The number of carbonyl (C=O) groups excluding carboxylic acids is 2. The van der Waals surface area contributed by atoms with Gasteiger partial charge in [-0.05, 0) is 43.2 Å². The van der Waals surface area contributed by atoms with Crippen LogP contribution in [0.1, 0.15) is 38.3 Å². The fourth-order valence-corrected chi connectivity index (χ4v) is 3.13. The van der Waals surface area contributed by atoms with Crippen LogP contribution in [0.4, 0.5) is 0 Å². The summed E-state index contributed by atoms with van der Waals surface area (Å²) >= 11 is 0. The first kappa shape index (κ1) is 19.0. The largest absolute Gasteiger partial charge is 0.480 e. The van der Waals surface area contributed by atoms with E-state index in [0.717, 1.165) is 0 Å². The molecule has 0 fully saturated rings. The number of aliphatic carboxylic acids is 1. The number of hydrogen-bond acceptors (Lipinski definition) is 3. The third-order valence-electron chi connectivity index (χ3n) is 4.50. The second-order valence-electron chi connectivity index (χ2n) is 7.13. The molecule has 0 bridgehead atoms. The molecule has 2 rings (SSSR count). The van der Waals surface area contributed by atoms with Crippen molar-refractivity contribution >= 4 is 17.8 Å². The molecule has 1 aromatic rings. The average molecular weight is 346 g/mol. The quantitative estimate of drug-likeness (QED) is 0.697. The summed E-state index contributed by atoms with van der Waals surface area (Å²) in [5.41, 5.74) is 2.34. The third kappa shape index (κ3) is 5.05. The maximum Gasteiger partial charge on any atom is 0.326 e. The zero-order valence-electron chi connectivity index (χ0n) is 14.9. The lowest BCUT2D eigenvalue weighted by atomic mass is 10.0. The molecular weight excluding hydrogens is 320 g/mol. The second kappa shape index (κ2) is 8.14. The number of amides is 2. The van der Waals surface area contributed by atoms with Crippen LogP contribution in [0.3, 0.4) is 0 Å². The molecule has 1 aliphatic carbocycles. The maximum absolute atomic E-state index is 12.4. The van der Waals surface area contributed by atoms with Gasteiger partial charge in [-0.2, -0.15) is 0 Å². The van der Waals surface area contributed by atoms with Gasteiger partial charge in [0.25, 0.3) is 0 Å². The third-order valence-corrected chi connectivity index (χ3v) is 4.50. The fraction of sp³-hybridized carbons (Fsp3) is 0.526. The van der Waals surface area contributed by atoms with Crippen LogP contribution in [0, 0.1) is 11.8 Å². The number of rotatable bonds is 7. The van der Waals surface area contributed by atoms with Gasteiger partial charge in [-0.3, -0.25) is 9.59 Å². The van der Waals surface area contributed by atoms with Gasteiger partial charge in [-0.25, -0.2) is 4.79 Å². The summed E-state index contributed by atoms with van der Waals surface area (Å²) in [5, 5.41) is 14.4. The van der Waals surface area contributed by atoms with Gasteiger partial charge >= 0.3 is 5.97 Å². The van der Waals surface area contributed by atoms with Crippen molar-refractivity contribution in [3.63, 3.8) is 0 Å². The van der Waals surface area contributed by atoms with Gasteiger partial charge in [0.15, 0.2) is 0 Å². The minimum absolute atomic E-state index is 0.142. The highest BCUT2D eigenvalue weighted by atomic mass is 16.4. The molecule has 2 amide bonds. The van der Waals surface area contributed by atoms with Crippen LogP contribution in [-0.2, 0) is 27.2 Å². The number of benzene rings is 1. The summed E-state index contributed by atoms with van der Waals surface area (Å²) in [4.78, 5) is 35.9. The molecule has 0 spiro atoms. The molecule has 1 aliphatic rings. The van der Waals surface area contributed by atoms with Crippen molar-refractivity contribution in [1.29, 1.82) is 0 Å². The van der Waals surface area contributed by atoms with Crippen molar-refractivity contribution in [2.24, 2.45) is 11.8 Å². The van der Waals surface area contributed by atoms with Crippen molar-refractivity contribution in [2.75, 3.05) is 0 Å². The van der Waals surface area contributed by atoms with E-state index in [4.69, 9.17) is 0 Å². The minimum atomic E-state index is -1.06. The number of nitrogens with one attached hydrogen (secondary N) is 2. The summed E-state index contributed by atoms with van der Waals surface area (Å²) in [6.45, 7) is 5.36. The molecule has 0 saturated carbocycles. The van der Waals surface area contributed by atoms with Gasteiger partial charge in [0, 0.05) is 5.92 Å². The number of carboxylic acids is 1. The molecule has 1 aromatic carbocycles. The lowest BCUT2D eigenvalue weighted by molar-refractivity contribution is -0.142. The molecule has 6 heteroatoms. The number of carboxylic acid groups (broad SMARTS) is 1. The summed E-state index contributed by atoms with van der Waals surface area (Å²) in [7, 11) is 0. The average Bonchev–Trinajstić information content (AvgIpc) is 2.97. The van der Waals surface area contributed by atoms with E-state index in [1.54, 1.807) is 6.92 Å².